The zero-order valence-corrected chi connectivity index (χ0v) is 10.7. The Balaban J connectivity index is 2.11. The molecule has 2 N–H and O–H groups in total. The van der Waals surface area contributed by atoms with E-state index in [0.717, 1.165) is 0 Å². The fraction of sp³-hybridized carbons (Fsp3) is 0.455. The number of carbonyl (C=O) groups excluding carboxylic acids is 1. The van der Waals surface area contributed by atoms with E-state index in [4.69, 9.17) is 0 Å². The molecule has 1 fully saturated rings. The summed E-state index contributed by atoms with van der Waals surface area (Å²) >= 11 is 0. The normalized spacial score (nSPS) is 21.7. The van der Waals surface area contributed by atoms with Crippen LogP contribution in [0.25, 0.3) is 0 Å². The topological polar surface area (TPSA) is 96.1 Å². The lowest BCUT2D eigenvalue weighted by atomic mass is 10.2. The summed E-state index contributed by atoms with van der Waals surface area (Å²) in [6.45, 7) is 1.71. The van der Waals surface area contributed by atoms with E-state index in [1.807, 2.05) is 0 Å². The van der Waals surface area contributed by atoms with Crippen LogP contribution in [0, 0.1) is 6.92 Å². The largest absolute Gasteiger partial charge is 0.348 e. The maximum Gasteiger partial charge on any atom is 0.260 e. The summed E-state index contributed by atoms with van der Waals surface area (Å²) in [5.74, 6) is -0.497. The van der Waals surface area contributed by atoms with Crippen LogP contribution < -0.4 is 10.9 Å². The average Bonchev–Trinajstić information content (AvgIpc) is 2.57. The number of nitrogens with one attached hydrogen (secondary N) is 2. The van der Waals surface area contributed by atoms with Crippen LogP contribution in [-0.4, -0.2) is 36.9 Å². The lowest BCUT2D eigenvalue weighted by molar-refractivity contribution is 0.0939. The first-order chi connectivity index (χ1) is 8.37. The first-order valence-corrected chi connectivity index (χ1v) is 7.41. The van der Waals surface area contributed by atoms with Crippen LogP contribution in [0.4, 0.5) is 0 Å². The molecule has 0 unspecified atom stereocenters. The molecule has 2 rings (SSSR count). The lowest BCUT2D eigenvalue weighted by Crippen LogP contribution is -2.38. The van der Waals surface area contributed by atoms with Crippen LogP contribution in [0.3, 0.4) is 0 Å². The van der Waals surface area contributed by atoms with Gasteiger partial charge in [0.25, 0.3) is 11.5 Å². The molecule has 98 valence electrons. The molecule has 0 bridgehead atoms. The van der Waals surface area contributed by atoms with E-state index in [1.165, 1.54) is 6.07 Å². The maximum atomic E-state index is 11.8. The number of sulfone groups is 1. The minimum absolute atomic E-state index is 0.00454. The number of H-pyrrole nitrogens is 1. The molecule has 0 spiro atoms. The van der Waals surface area contributed by atoms with Crippen LogP contribution in [0.15, 0.2) is 16.9 Å². The van der Waals surface area contributed by atoms with E-state index in [1.54, 1.807) is 13.0 Å². The number of carbonyl (C=O) groups is 1. The summed E-state index contributed by atoms with van der Waals surface area (Å²) in [5.41, 5.74) is 0.207. The summed E-state index contributed by atoms with van der Waals surface area (Å²) < 4.78 is 22.5. The number of aryl methyl sites for hydroxylation is 1. The van der Waals surface area contributed by atoms with Crippen molar-refractivity contribution in [2.45, 2.75) is 19.4 Å². The third kappa shape index (κ3) is 2.79. The number of hydrogen-bond donors (Lipinski definition) is 2. The second-order valence-corrected chi connectivity index (χ2v) is 6.69. The number of amides is 1. The molecular weight excluding hydrogens is 256 g/mol. The highest BCUT2D eigenvalue weighted by atomic mass is 32.2. The van der Waals surface area contributed by atoms with Crippen molar-refractivity contribution in [1.29, 1.82) is 0 Å². The molecule has 1 aliphatic heterocycles. The van der Waals surface area contributed by atoms with Crippen molar-refractivity contribution in [2.75, 3.05) is 11.5 Å². The van der Waals surface area contributed by atoms with Crippen molar-refractivity contribution >= 4 is 15.7 Å². The zero-order valence-electron chi connectivity index (χ0n) is 9.89. The number of pyridine rings is 1. The number of aromatic amines is 1. The van der Waals surface area contributed by atoms with Crippen molar-refractivity contribution in [3.63, 3.8) is 0 Å². The second-order valence-electron chi connectivity index (χ2n) is 4.46. The monoisotopic (exact) mass is 270 g/mol. The molecule has 0 saturated carbocycles. The Morgan fingerprint density at radius 1 is 1.44 bits per heavy atom. The van der Waals surface area contributed by atoms with Crippen LogP contribution in [0.1, 0.15) is 22.5 Å². The summed E-state index contributed by atoms with van der Waals surface area (Å²) in [5, 5.41) is 2.57. The van der Waals surface area contributed by atoms with Crippen molar-refractivity contribution in [2.24, 2.45) is 0 Å². The van der Waals surface area contributed by atoms with Gasteiger partial charge in [-0.2, -0.15) is 0 Å². The van der Waals surface area contributed by atoms with Crippen LogP contribution in [-0.2, 0) is 9.84 Å². The van der Waals surface area contributed by atoms with Crippen LogP contribution >= 0.6 is 0 Å². The van der Waals surface area contributed by atoms with E-state index in [2.05, 4.69) is 10.3 Å². The van der Waals surface area contributed by atoms with Crippen molar-refractivity contribution in [1.82, 2.24) is 10.3 Å². The van der Waals surface area contributed by atoms with Gasteiger partial charge in [-0.1, -0.05) is 0 Å². The van der Waals surface area contributed by atoms with Gasteiger partial charge in [-0.3, -0.25) is 9.59 Å². The van der Waals surface area contributed by atoms with Gasteiger partial charge >= 0.3 is 0 Å². The lowest BCUT2D eigenvalue weighted by Gasteiger charge is -2.10. The van der Waals surface area contributed by atoms with E-state index < -0.39 is 27.3 Å². The van der Waals surface area contributed by atoms with Gasteiger partial charge in [-0.25, -0.2) is 8.42 Å². The third-order valence-corrected chi connectivity index (χ3v) is 4.64. The number of hydrogen-bond acceptors (Lipinski definition) is 4. The predicted octanol–water partition coefficient (Wildman–Crippen LogP) is -0.400. The molecular formula is C11H14N2O4S. The van der Waals surface area contributed by atoms with Gasteiger partial charge < -0.3 is 10.3 Å². The molecule has 18 heavy (non-hydrogen) atoms. The number of rotatable bonds is 2. The van der Waals surface area contributed by atoms with Gasteiger partial charge in [0, 0.05) is 11.7 Å². The van der Waals surface area contributed by atoms with Gasteiger partial charge in [-0.05, 0) is 25.5 Å². The SMILES string of the molecule is Cc1ccc(C(=O)N[C@@H]2CCS(=O)(=O)C2)c(=O)[nH]1. The molecule has 7 heteroatoms. The third-order valence-electron chi connectivity index (χ3n) is 2.87. The van der Waals surface area contributed by atoms with Gasteiger partial charge in [0.05, 0.1) is 11.5 Å². The first-order valence-electron chi connectivity index (χ1n) is 5.58. The Kier molecular flexibility index (Phi) is 3.25. The highest BCUT2D eigenvalue weighted by Crippen LogP contribution is 2.11. The maximum absolute atomic E-state index is 11.8. The van der Waals surface area contributed by atoms with Gasteiger partial charge in [0.15, 0.2) is 9.84 Å². The fourth-order valence-corrected chi connectivity index (χ4v) is 3.60. The van der Waals surface area contributed by atoms with E-state index in [9.17, 15) is 18.0 Å². The zero-order chi connectivity index (χ0) is 13.3. The van der Waals surface area contributed by atoms with Gasteiger partial charge in [-0.15, -0.1) is 0 Å². The van der Waals surface area contributed by atoms with Crippen LogP contribution in [0.5, 0.6) is 0 Å². The van der Waals surface area contributed by atoms with Crippen molar-refractivity contribution in [3.05, 3.63) is 33.7 Å². The molecule has 1 saturated heterocycles. The smallest absolute Gasteiger partial charge is 0.260 e. The highest BCUT2D eigenvalue weighted by molar-refractivity contribution is 7.91. The van der Waals surface area contributed by atoms with E-state index in [-0.39, 0.29) is 17.1 Å². The molecule has 0 radical (unpaired) electrons. The molecule has 1 amide bonds. The van der Waals surface area contributed by atoms with Gasteiger partial charge in [0.1, 0.15) is 5.56 Å². The molecule has 0 aliphatic carbocycles. The Bertz CT molecular complexity index is 633. The Morgan fingerprint density at radius 3 is 2.72 bits per heavy atom. The van der Waals surface area contributed by atoms with Crippen molar-refractivity contribution < 1.29 is 13.2 Å². The molecule has 6 nitrogen and oxygen atoms in total. The molecule has 0 aromatic carbocycles. The number of aromatic nitrogens is 1. The van der Waals surface area contributed by atoms with E-state index in [0.29, 0.717) is 12.1 Å². The minimum Gasteiger partial charge on any atom is -0.348 e. The fourth-order valence-electron chi connectivity index (χ4n) is 1.92. The Labute approximate surface area is 104 Å². The average molecular weight is 270 g/mol. The Hall–Kier alpha value is -1.63. The standard InChI is InChI=1S/C11H14N2O4S/c1-7-2-3-9(10(14)12-7)11(15)13-8-4-5-18(16,17)6-8/h2-3,8H,4-6H2,1H3,(H,12,14)(H,13,15)/t8-/m1/s1. The van der Waals surface area contributed by atoms with E-state index >= 15 is 0 Å². The molecule has 1 aliphatic rings. The highest BCUT2D eigenvalue weighted by Gasteiger charge is 2.29. The van der Waals surface area contributed by atoms with Crippen molar-refractivity contribution in [3.8, 4) is 0 Å². The van der Waals surface area contributed by atoms with Crippen LogP contribution in [0.2, 0.25) is 0 Å². The van der Waals surface area contributed by atoms with Gasteiger partial charge in [0.2, 0.25) is 0 Å². The second kappa shape index (κ2) is 4.56. The summed E-state index contributed by atoms with van der Waals surface area (Å²) in [6, 6.07) is 2.66. The predicted molar refractivity (Wildman–Crippen MR) is 66.3 cm³/mol. The summed E-state index contributed by atoms with van der Waals surface area (Å²) in [7, 11) is -3.04. The molecule has 1 atom stereocenters. The molecule has 1 aromatic heterocycles. The molecule has 2 heterocycles. The summed E-state index contributed by atoms with van der Waals surface area (Å²) in [4.78, 5) is 25.9. The molecule has 1 aromatic rings. The summed E-state index contributed by atoms with van der Waals surface area (Å²) in [6.07, 6.45) is 0.401. The first kappa shape index (κ1) is 12.8. The Morgan fingerprint density at radius 2 is 2.17 bits per heavy atom. The minimum atomic E-state index is -3.04. The quantitative estimate of drug-likeness (QED) is 0.764.